The summed E-state index contributed by atoms with van der Waals surface area (Å²) in [4.78, 5) is 2.10. The molecule has 0 N–H and O–H groups in total. The molecule has 1 heteroatoms. The van der Waals surface area contributed by atoms with E-state index in [4.69, 9.17) is 0 Å². The summed E-state index contributed by atoms with van der Waals surface area (Å²) in [6.45, 7) is 11.0. The minimum Gasteiger partial charge on any atom is -0.349 e. The second kappa shape index (κ2) is 7.41. The number of hydrogen-bond donors (Lipinski definition) is 0. The van der Waals surface area contributed by atoms with E-state index in [-0.39, 0.29) is 0 Å². The van der Waals surface area contributed by atoms with E-state index in [2.05, 4.69) is 18.4 Å². The van der Waals surface area contributed by atoms with Gasteiger partial charge in [-0.05, 0) is 33.0 Å². The van der Waals surface area contributed by atoms with Gasteiger partial charge in [0, 0.05) is 12.2 Å². The lowest BCUT2D eigenvalue weighted by atomic mass is 10.3. The van der Waals surface area contributed by atoms with Crippen LogP contribution in [0.15, 0.2) is 48.9 Å². The van der Waals surface area contributed by atoms with Crippen molar-refractivity contribution in [3.63, 3.8) is 0 Å². The lowest BCUT2D eigenvalue weighted by Crippen LogP contribution is -2.13. The van der Waals surface area contributed by atoms with Crippen LogP contribution in [0.2, 0.25) is 0 Å². The van der Waals surface area contributed by atoms with Crippen LogP contribution >= 0.6 is 0 Å². The largest absolute Gasteiger partial charge is 0.349 e. The average Bonchev–Trinajstić information content (AvgIpc) is 2.14. The van der Waals surface area contributed by atoms with E-state index < -0.39 is 0 Å². The van der Waals surface area contributed by atoms with E-state index in [1.165, 1.54) is 0 Å². The fraction of sp³-hybridized carbons (Fsp3) is 0.333. The Hall–Kier alpha value is -1.24. The van der Waals surface area contributed by atoms with Crippen LogP contribution in [0.4, 0.5) is 0 Å². The van der Waals surface area contributed by atoms with Gasteiger partial charge in [-0.2, -0.15) is 0 Å². The van der Waals surface area contributed by atoms with Gasteiger partial charge in [0.05, 0.1) is 0 Å². The lowest BCUT2D eigenvalue weighted by molar-refractivity contribution is 0.508. The first-order valence-electron chi connectivity index (χ1n) is 4.64. The van der Waals surface area contributed by atoms with Crippen molar-refractivity contribution in [2.24, 2.45) is 0 Å². The fourth-order valence-corrected chi connectivity index (χ4v) is 0.958. The zero-order valence-corrected chi connectivity index (χ0v) is 8.83. The summed E-state index contributed by atoms with van der Waals surface area (Å²) in [6.07, 6.45) is 12.0. The van der Waals surface area contributed by atoms with Gasteiger partial charge < -0.3 is 4.90 Å². The molecule has 0 aliphatic carbocycles. The van der Waals surface area contributed by atoms with Gasteiger partial charge in [0.15, 0.2) is 0 Å². The number of hydrogen-bond acceptors (Lipinski definition) is 1. The maximum atomic E-state index is 3.97. The molecule has 0 radical (unpaired) electrons. The van der Waals surface area contributed by atoms with Crippen LogP contribution in [-0.2, 0) is 0 Å². The molecule has 0 saturated carbocycles. The molecule has 0 atom stereocenters. The van der Waals surface area contributed by atoms with Crippen molar-refractivity contribution in [1.29, 1.82) is 0 Å². The Labute approximate surface area is 81.8 Å². The molecular weight excluding hydrogens is 158 g/mol. The monoisotopic (exact) mass is 177 g/mol. The average molecular weight is 177 g/mol. The van der Waals surface area contributed by atoms with E-state index in [1.54, 1.807) is 0 Å². The van der Waals surface area contributed by atoms with Gasteiger partial charge in [-0.15, -0.1) is 0 Å². The van der Waals surface area contributed by atoms with Crippen molar-refractivity contribution >= 4 is 0 Å². The summed E-state index contributed by atoms with van der Waals surface area (Å²) < 4.78 is 0. The van der Waals surface area contributed by atoms with Crippen molar-refractivity contribution in [3.05, 3.63) is 48.9 Å². The molecule has 0 saturated heterocycles. The van der Waals surface area contributed by atoms with Gasteiger partial charge >= 0.3 is 0 Å². The SMILES string of the molecule is C=C(/C=C\C=C/C)N(/C=C\C)CC. The van der Waals surface area contributed by atoms with Gasteiger partial charge in [0.25, 0.3) is 0 Å². The summed E-state index contributed by atoms with van der Waals surface area (Å²) in [7, 11) is 0. The van der Waals surface area contributed by atoms with E-state index in [0.29, 0.717) is 0 Å². The quantitative estimate of drug-likeness (QED) is 0.581. The predicted molar refractivity (Wildman–Crippen MR) is 60.3 cm³/mol. The molecule has 0 spiro atoms. The van der Waals surface area contributed by atoms with Crippen LogP contribution in [0.5, 0.6) is 0 Å². The molecule has 0 bridgehead atoms. The van der Waals surface area contributed by atoms with Gasteiger partial charge in [-0.1, -0.05) is 30.9 Å². The number of likely N-dealkylation sites (N-methyl/N-ethyl adjacent to an activating group) is 1. The van der Waals surface area contributed by atoms with Crippen molar-refractivity contribution in [3.8, 4) is 0 Å². The second-order valence-corrected chi connectivity index (χ2v) is 2.64. The Bertz CT molecular complexity index is 221. The summed E-state index contributed by atoms with van der Waals surface area (Å²) in [5, 5.41) is 0. The molecule has 1 nitrogen and oxygen atoms in total. The fourth-order valence-electron chi connectivity index (χ4n) is 0.958. The first-order chi connectivity index (χ1) is 6.26. The Morgan fingerprint density at radius 1 is 1.23 bits per heavy atom. The highest BCUT2D eigenvalue weighted by Crippen LogP contribution is 2.03. The maximum absolute atomic E-state index is 3.97. The summed E-state index contributed by atoms with van der Waals surface area (Å²) in [5.41, 5.74) is 1.01. The molecule has 0 amide bonds. The molecule has 0 aromatic heterocycles. The van der Waals surface area contributed by atoms with E-state index in [1.807, 2.05) is 50.4 Å². The first kappa shape index (κ1) is 11.8. The normalized spacial score (nSPS) is 11.9. The smallest absolute Gasteiger partial charge is 0.0332 e. The van der Waals surface area contributed by atoms with E-state index in [9.17, 15) is 0 Å². The number of nitrogens with zero attached hydrogens (tertiary/aromatic N) is 1. The molecule has 0 aromatic rings. The zero-order chi connectivity index (χ0) is 10.1. The Kier molecular flexibility index (Phi) is 6.70. The molecule has 0 rings (SSSR count). The van der Waals surface area contributed by atoms with Gasteiger partial charge in [0.1, 0.15) is 0 Å². The molecule has 0 aliphatic heterocycles. The van der Waals surface area contributed by atoms with Crippen molar-refractivity contribution in [2.45, 2.75) is 20.8 Å². The minimum absolute atomic E-state index is 0.948. The van der Waals surface area contributed by atoms with Gasteiger partial charge in [0.2, 0.25) is 0 Å². The van der Waals surface area contributed by atoms with Crippen LogP contribution in [-0.4, -0.2) is 11.4 Å². The molecule has 0 unspecified atom stereocenters. The molecule has 0 heterocycles. The third-order valence-corrected chi connectivity index (χ3v) is 1.63. The van der Waals surface area contributed by atoms with Crippen molar-refractivity contribution in [2.75, 3.05) is 6.54 Å². The number of allylic oxidation sites excluding steroid dienone is 5. The van der Waals surface area contributed by atoms with Gasteiger partial charge in [-0.25, -0.2) is 0 Å². The first-order valence-corrected chi connectivity index (χ1v) is 4.64. The summed E-state index contributed by atoms with van der Waals surface area (Å²) >= 11 is 0. The Balaban J connectivity index is 4.21. The van der Waals surface area contributed by atoms with Crippen LogP contribution in [0, 0.1) is 0 Å². The predicted octanol–water partition coefficient (Wildman–Crippen LogP) is 3.49. The van der Waals surface area contributed by atoms with Gasteiger partial charge in [-0.3, -0.25) is 0 Å². The second-order valence-electron chi connectivity index (χ2n) is 2.64. The maximum Gasteiger partial charge on any atom is 0.0332 e. The molecule has 13 heavy (non-hydrogen) atoms. The third kappa shape index (κ3) is 5.07. The highest BCUT2D eigenvalue weighted by Gasteiger charge is 1.94. The molecule has 0 aliphatic rings. The molecular formula is C12H19N. The standard InChI is InChI=1S/C12H19N/c1-5-8-9-10-12(4)13(7-3)11-6-2/h5-6,8-11H,4,7H2,1-3H3/b8-5-,10-9-,11-6-. The molecule has 72 valence electrons. The number of rotatable bonds is 5. The minimum atomic E-state index is 0.948. The van der Waals surface area contributed by atoms with E-state index >= 15 is 0 Å². The van der Waals surface area contributed by atoms with Crippen LogP contribution in [0.1, 0.15) is 20.8 Å². The lowest BCUT2D eigenvalue weighted by Gasteiger charge is -2.17. The highest BCUT2D eigenvalue weighted by atomic mass is 15.1. The molecule has 0 fully saturated rings. The Morgan fingerprint density at radius 2 is 1.92 bits per heavy atom. The van der Waals surface area contributed by atoms with Crippen molar-refractivity contribution < 1.29 is 0 Å². The van der Waals surface area contributed by atoms with Crippen LogP contribution < -0.4 is 0 Å². The molecule has 0 aromatic carbocycles. The van der Waals surface area contributed by atoms with Crippen LogP contribution in [0.25, 0.3) is 0 Å². The zero-order valence-electron chi connectivity index (χ0n) is 8.83. The highest BCUT2D eigenvalue weighted by molar-refractivity contribution is 5.19. The van der Waals surface area contributed by atoms with Crippen LogP contribution in [0.3, 0.4) is 0 Å². The Morgan fingerprint density at radius 3 is 2.38 bits per heavy atom. The van der Waals surface area contributed by atoms with Crippen molar-refractivity contribution in [1.82, 2.24) is 4.90 Å². The summed E-state index contributed by atoms with van der Waals surface area (Å²) in [5.74, 6) is 0. The third-order valence-electron chi connectivity index (χ3n) is 1.63. The summed E-state index contributed by atoms with van der Waals surface area (Å²) in [6, 6.07) is 0. The topological polar surface area (TPSA) is 3.24 Å². The van der Waals surface area contributed by atoms with E-state index in [0.717, 1.165) is 12.2 Å².